The van der Waals surface area contributed by atoms with Gasteiger partial charge in [-0.05, 0) is 36.8 Å². The van der Waals surface area contributed by atoms with Gasteiger partial charge in [-0.25, -0.2) is 0 Å². The molecule has 1 aliphatic heterocycles. The monoisotopic (exact) mass is 201 g/mol. The van der Waals surface area contributed by atoms with Crippen molar-refractivity contribution in [3.05, 3.63) is 29.3 Å². The molecule has 2 heteroatoms. The predicted octanol–water partition coefficient (Wildman–Crippen LogP) is 2.83. The Labute approximate surface area is 89.7 Å². The lowest BCUT2D eigenvalue weighted by atomic mass is 9.73. The summed E-state index contributed by atoms with van der Waals surface area (Å²) in [6.07, 6.45) is 3.71. The van der Waals surface area contributed by atoms with Gasteiger partial charge >= 0.3 is 0 Å². The molecule has 1 N–H and O–H groups in total. The van der Waals surface area contributed by atoms with E-state index < -0.39 is 0 Å². The van der Waals surface area contributed by atoms with Crippen LogP contribution in [0.3, 0.4) is 0 Å². The summed E-state index contributed by atoms with van der Waals surface area (Å²) in [5.41, 5.74) is 3.48. The van der Waals surface area contributed by atoms with Crippen LogP contribution >= 0.6 is 0 Å². The molecule has 1 heterocycles. The van der Waals surface area contributed by atoms with Crippen molar-refractivity contribution >= 4 is 11.6 Å². The fraction of sp³-hybridized carbons (Fsp3) is 0.462. The van der Waals surface area contributed by atoms with Crippen molar-refractivity contribution in [2.75, 3.05) is 5.32 Å². The number of para-hydroxylation sites is 1. The first-order chi connectivity index (χ1) is 7.27. The minimum Gasteiger partial charge on any atom is -0.325 e. The Kier molecular flexibility index (Phi) is 1.84. The maximum Gasteiger partial charge on any atom is 0.232 e. The Hall–Kier alpha value is -1.31. The van der Waals surface area contributed by atoms with E-state index in [9.17, 15) is 4.79 Å². The molecule has 2 aliphatic rings. The summed E-state index contributed by atoms with van der Waals surface area (Å²) in [5.74, 6) is 0.936. The second-order valence-electron chi connectivity index (χ2n) is 4.70. The highest BCUT2D eigenvalue weighted by molar-refractivity contribution is 6.03. The van der Waals surface area contributed by atoms with Crippen molar-refractivity contribution in [1.82, 2.24) is 0 Å². The molecule has 0 spiro atoms. The molecular weight excluding hydrogens is 186 g/mol. The zero-order valence-electron chi connectivity index (χ0n) is 8.92. The molecule has 3 rings (SSSR count). The summed E-state index contributed by atoms with van der Waals surface area (Å²) in [4.78, 5) is 11.9. The van der Waals surface area contributed by atoms with Crippen LogP contribution in [-0.2, 0) is 4.79 Å². The molecule has 1 atom stereocenters. The van der Waals surface area contributed by atoms with Gasteiger partial charge in [-0.2, -0.15) is 0 Å². The number of hydrogen-bond donors (Lipinski definition) is 1. The Morgan fingerprint density at radius 3 is 2.80 bits per heavy atom. The molecule has 1 aromatic rings. The van der Waals surface area contributed by atoms with Crippen LogP contribution in [0.2, 0.25) is 0 Å². The first-order valence-corrected chi connectivity index (χ1v) is 5.68. The van der Waals surface area contributed by atoms with Gasteiger partial charge in [0.05, 0.1) is 5.92 Å². The minimum atomic E-state index is 0.133. The molecular formula is C13H15NO. The minimum absolute atomic E-state index is 0.133. The first kappa shape index (κ1) is 8.96. The van der Waals surface area contributed by atoms with Crippen LogP contribution in [0.1, 0.15) is 36.3 Å². The largest absolute Gasteiger partial charge is 0.325 e. The van der Waals surface area contributed by atoms with E-state index in [4.69, 9.17) is 0 Å². The summed E-state index contributed by atoms with van der Waals surface area (Å²) in [6, 6.07) is 6.21. The molecule has 0 bridgehead atoms. The van der Waals surface area contributed by atoms with Gasteiger partial charge in [0.25, 0.3) is 0 Å². The fourth-order valence-corrected chi connectivity index (χ4v) is 2.70. The highest BCUT2D eigenvalue weighted by Gasteiger charge is 2.39. The Bertz CT molecular complexity index is 421. The molecule has 1 aliphatic carbocycles. The van der Waals surface area contributed by atoms with Crippen LogP contribution in [0.25, 0.3) is 0 Å². The normalized spacial score (nSPS) is 24.6. The van der Waals surface area contributed by atoms with Crippen molar-refractivity contribution in [3.63, 3.8) is 0 Å². The fourth-order valence-electron chi connectivity index (χ4n) is 2.70. The maximum absolute atomic E-state index is 11.9. The average molecular weight is 201 g/mol. The molecule has 1 aromatic carbocycles. The highest BCUT2D eigenvalue weighted by atomic mass is 16.2. The average Bonchev–Trinajstić information content (AvgIpc) is 2.44. The zero-order valence-corrected chi connectivity index (χ0v) is 8.92. The van der Waals surface area contributed by atoms with Gasteiger partial charge in [0.15, 0.2) is 0 Å². The van der Waals surface area contributed by atoms with Crippen LogP contribution in [0.4, 0.5) is 5.69 Å². The van der Waals surface area contributed by atoms with E-state index in [0.29, 0.717) is 5.92 Å². The number of hydrogen-bond acceptors (Lipinski definition) is 1. The standard InChI is InChI=1S/C13H15NO/c1-8-4-2-7-10-11(9-5-3-6-9)13(15)14-12(8)10/h2,4,7,9,11H,3,5-6H2,1H3,(H,14,15). The molecule has 1 saturated carbocycles. The van der Waals surface area contributed by atoms with Gasteiger partial charge in [-0.1, -0.05) is 24.6 Å². The third kappa shape index (κ3) is 1.21. The van der Waals surface area contributed by atoms with Crippen molar-refractivity contribution in [2.24, 2.45) is 5.92 Å². The van der Waals surface area contributed by atoms with Gasteiger partial charge in [0.1, 0.15) is 0 Å². The number of amides is 1. The molecule has 2 nitrogen and oxygen atoms in total. The summed E-state index contributed by atoms with van der Waals surface area (Å²) >= 11 is 0. The van der Waals surface area contributed by atoms with E-state index in [1.807, 2.05) is 0 Å². The van der Waals surface area contributed by atoms with E-state index in [-0.39, 0.29) is 11.8 Å². The maximum atomic E-state index is 11.9. The Balaban J connectivity index is 2.05. The number of nitrogens with one attached hydrogen (secondary N) is 1. The Morgan fingerprint density at radius 2 is 2.13 bits per heavy atom. The third-order valence-corrected chi connectivity index (χ3v) is 3.79. The van der Waals surface area contributed by atoms with Crippen LogP contribution in [0.15, 0.2) is 18.2 Å². The quantitative estimate of drug-likeness (QED) is 0.743. The zero-order chi connectivity index (χ0) is 10.4. The summed E-state index contributed by atoms with van der Waals surface area (Å²) in [5, 5.41) is 3.03. The van der Waals surface area contributed by atoms with E-state index in [2.05, 4.69) is 30.4 Å². The van der Waals surface area contributed by atoms with E-state index in [1.165, 1.54) is 30.4 Å². The van der Waals surface area contributed by atoms with Crippen molar-refractivity contribution < 1.29 is 4.79 Å². The lowest BCUT2D eigenvalue weighted by molar-refractivity contribution is -0.118. The van der Waals surface area contributed by atoms with Crippen LogP contribution < -0.4 is 5.32 Å². The van der Waals surface area contributed by atoms with Gasteiger partial charge in [0, 0.05) is 5.69 Å². The summed E-state index contributed by atoms with van der Waals surface area (Å²) in [7, 11) is 0. The smallest absolute Gasteiger partial charge is 0.232 e. The van der Waals surface area contributed by atoms with E-state index >= 15 is 0 Å². The van der Waals surface area contributed by atoms with Crippen LogP contribution in [0.5, 0.6) is 0 Å². The van der Waals surface area contributed by atoms with E-state index in [1.54, 1.807) is 0 Å². The summed E-state index contributed by atoms with van der Waals surface area (Å²) < 4.78 is 0. The Morgan fingerprint density at radius 1 is 1.33 bits per heavy atom. The molecule has 0 aromatic heterocycles. The van der Waals surface area contributed by atoms with Gasteiger partial charge in [-0.15, -0.1) is 0 Å². The van der Waals surface area contributed by atoms with Crippen molar-refractivity contribution in [3.8, 4) is 0 Å². The lowest BCUT2D eigenvalue weighted by Crippen LogP contribution is -2.25. The molecule has 0 radical (unpaired) electrons. The topological polar surface area (TPSA) is 29.1 Å². The SMILES string of the molecule is Cc1cccc2c1NC(=O)C2C1CCC1. The number of rotatable bonds is 1. The number of benzene rings is 1. The van der Waals surface area contributed by atoms with Gasteiger partial charge in [0.2, 0.25) is 5.91 Å². The molecule has 1 fully saturated rings. The first-order valence-electron chi connectivity index (χ1n) is 5.68. The second-order valence-corrected chi connectivity index (χ2v) is 4.70. The predicted molar refractivity (Wildman–Crippen MR) is 59.9 cm³/mol. The molecule has 1 amide bonds. The van der Waals surface area contributed by atoms with Gasteiger partial charge < -0.3 is 5.32 Å². The number of fused-ring (bicyclic) bond motifs is 1. The second kappa shape index (κ2) is 3.09. The van der Waals surface area contributed by atoms with Crippen LogP contribution in [-0.4, -0.2) is 5.91 Å². The highest BCUT2D eigenvalue weighted by Crippen LogP contribution is 2.46. The van der Waals surface area contributed by atoms with Gasteiger partial charge in [-0.3, -0.25) is 4.79 Å². The number of anilines is 1. The number of aryl methyl sites for hydroxylation is 1. The van der Waals surface area contributed by atoms with Crippen LogP contribution in [0, 0.1) is 12.8 Å². The molecule has 78 valence electrons. The molecule has 0 saturated heterocycles. The summed E-state index contributed by atoms with van der Waals surface area (Å²) in [6.45, 7) is 2.06. The number of carbonyl (C=O) groups excluding carboxylic acids is 1. The van der Waals surface area contributed by atoms with E-state index in [0.717, 1.165) is 5.69 Å². The molecule has 1 unspecified atom stereocenters. The van der Waals surface area contributed by atoms with Crippen molar-refractivity contribution in [2.45, 2.75) is 32.1 Å². The lowest BCUT2D eigenvalue weighted by Gasteiger charge is -2.30. The third-order valence-electron chi connectivity index (χ3n) is 3.79. The number of carbonyl (C=O) groups is 1. The van der Waals surface area contributed by atoms with Crippen molar-refractivity contribution in [1.29, 1.82) is 0 Å². The molecule has 15 heavy (non-hydrogen) atoms.